The summed E-state index contributed by atoms with van der Waals surface area (Å²) in [7, 11) is 0. The van der Waals surface area contributed by atoms with Crippen molar-refractivity contribution in [3.05, 3.63) is 30.1 Å². The number of fused-ring (bicyclic) bond motifs is 1. The number of aromatic nitrogens is 2. The van der Waals surface area contributed by atoms with E-state index in [1.165, 1.54) is 0 Å². The van der Waals surface area contributed by atoms with Gasteiger partial charge in [0.1, 0.15) is 11.4 Å². The summed E-state index contributed by atoms with van der Waals surface area (Å²) in [6.07, 6.45) is 0.862. The molecular formula is C15H19N3O2. The van der Waals surface area contributed by atoms with Crippen molar-refractivity contribution in [3.63, 3.8) is 0 Å². The van der Waals surface area contributed by atoms with Gasteiger partial charge in [-0.15, -0.1) is 0 Å². The van der Waals surface area contributed by atoms with Crippen LogP contribution in [-0.2, 0) is 22.5 Å². The second kappa shape index (κ2) is 5.00. The standard InChI is InChI=1S/C15H19N3O2/c1-2-18-12-6-4-3-5-11(12)17-14(18)9-13(19)15(16)7-8-20-10-15/h3-6H,2,7-10,16H2,1H3. The van der Waals surface area contributed by atoms with Gasteiger partial charge < -0.3 is 15.0 Å². The van der Waals surface area contributed by atoms with Crippen LogP contribution in [0.2, 0.25) is 0 Å². The van der Waals surface area contributed by atoms with Crippen molar-refractivity contribution < 1.29 is 9.53 Å². The number of hydrogen-bond donors (Lipinski definition) is 1. The summed E-state index contributed by atoms with van der Waals surface area (Å²) in [4.78, 5) is 17.0. The molecule has 1 aromatic carbocycles. The average molecular weight is 273 g/mol. The van der Waals surface area contributed by atoms with Gasteiger partial charge in [-0.2, -0.15) is 0 Å². The lowest BCUT2D eigenvalue weighted by atomic mass is 9.92. The molecular weight excluding hydrogens is 254 g/mol. The number of Topliss-reactive ketones (excluding diaryl/α,β-unsaturated/α-hetero) is 1. The van der Waals surface area contributed by atoms with Gasteiger partial charge in [-0.1, -0.05) is 12.1 Å². The molecule has 0 amide bonds. The maximum Gasteiger partial charge on any atom is 0.162 e. The molecule has 0 aliphatic carbocycles. The summed E-state index contributed by atoms with van der Waals surface area (Å²) in [5.41, 5.74) is 7.27. The van der Waals surface area contributed by atoms with E-state index in [2.05, 4.69) is 16.5 Å². The van der Waals surface area contributed by atoms with Crippen LogP contribution in [-0.4, -0.2) is 34.1 Å². The van der Waals surface area contributed by atoms with Crippen LogP contribution < -0.4 is 5.73 Å². The molecule has 1 fully saturated rings. The fourth-order valence-corrected chi connectivity index (χ4v) is 2.73. The molecule has 1 aliphatic rings. The second-order valence-electron chi connectivity index (χ2n) is 5.32. The number of benzene rings is 1. The number of hydrogen-bond acceptors (Lipinski definition) is 4. The zero-order chi connectivity index (χ0) is 14.2. The molecule has 0 radical (unpaired) electrons. The van der Waals surface area contributed by atoms with Gasteiger partial charge in [0.15, 0.2) is 5.78 Å². The van der Waals surface area contributed by atoms with Crippen LogP contribution >= 0.6 is 0 Å². The van der Waals surface area contributed by atoms with E-state index < -0.39 is 5.54 Å². The fourth-order valence-electron chi connectivity index (χ4n) is 2.73. The van der Waals surface area contributed by atoms with Gasteiger partial charge in [0.25, 0.3) is 0 Å². The van der Waals surface area contributed by atoms with E-state index in [-0.39, 0.29) is 12.2 Å². The van der Waals surface area contributed by atoms with Crippen LogP contribution in [0, 0.1) is 0 Å². The fraction of sp³-hybridized carbons (Fsp3) is 0.467. The highest BCUT2D eigenvalue weighted by Crippen LogP contribution is 2.21. The van der Waals surface area contributed by atoms with Crippen LogP contribution in [0.4, 0.5) is 0 Å². The molecule has 1 saturated heterocycles. The maximum atomic E-state index is 12.4. The molecule has 2 N–H and O–H groups in total. The van der Waals surface area contributed by atoms with E-state index >= 15 is 0 Å². The number of ether oxygens (including phenoxy) is 1. The first-order valence-corrected chi connectivity index (χ1v) is 6.98. The van der Waals surface area contributed by atoms with Crippen LogP contribution in [0.5, 0.6) is 0 Å². The largest absolute Gasteiger partial charge is 0.379 e. The minimum absolute atomic E-state index is 0.0139. The minimum atomic E-state index is -0.837. The first-order chi connectivity index (χ1) is 9.64. The molecule has 106 valence electrons. The van der Waals surface area contributed by atoms with Crippen LogP contribution in [0.15, 0.2) is 24.3 Å². The van der Waals surface area contributed by atoms with E-state index in [9.17, 15) is 4.79 Å². The normalized spacial score (nSPS) is 22.5. The van der Waals surface area contributed by atoms with Crippen molar-refractivity contribution in [2.45, 2.75) is 31.8 Å². The van der Waals surface area contributed by atoms with E-state index in [4.69, 9.17) is 10.5 Å². The number of para-hydroxylation sites is 2. The molecule has 1 aliphatic heterocycles. The molecule has 2 aromatic rings. The Hall–Kier alpha value is -1.72. The number of imidazole rings is 1. The lowest BCUT2D eigenvalue weighted by Crippen LogP contribution is -2.49. The zero-order valence-corrected chi connectivity index (χ0v) is 11.6. The number of carbonyl (C=O) groups is 1. The highest BCUT2D eigenvalue weighted by molar-refractivity contribution is 5.90. The van der Waals surface area contributed by atoms with Crippen molar-refractivity contribution in [2.24, 2.45) is 5.73 Å². The molecule has 1 atom stereocenters. The summed E-state index contributed by atoms with van der Waals surface area (Å²) < 4.78 is 7.34. The minimum Gasteiger partial charge on any atom is -0.379 e. The summed E-state index contributed by atoms with van der Waals surface area (Å²) in [6, 6.07) is 7.93. The van der Waals surface area contributed by atoms with Crippen LogP contribution in [0.3, 0.4) is 0 Å². The highest BCUT2D eigenvalue weighted by Gasteiger charge is 2.38. The Kier molecular flexibility index (Phi) is 3.31. The summed E-state index contributed by atoms with van der Waals surface area (Å²) in [5, 5.41) is 0. The topological polar surface area (TPSA) is 70.1 Å². The SMILES string of the molecule is CCn1c(CC(=O)C2(N)CCOC2)nc2ccccc21. The molecule has 1 unspecified atom stereocenters. The third-order valence-electron chi connectivity index (χ3n) is 3.98. The van der Waals surface area contributed by atoms with E-state index in [1.54, 1.807) is 0 Å². The maximum absolute atomic E-state index is 12.4. The molecule has 3 rings (SSSR count). The van der Waals surface area contributed by atoms with Gasteiger partial charge >= 0.3 is 0 Å². The summed E-state index contributed by atoms with van der Waals surface area (Å²) in [6.45, 7) is 3.72. The summed E-state index contributed by atoms with van der Waals surface area (Å²) >= 11 is 0. The number of nitrogens with zero attached hydrogens (tertiary/aromatic N) is 2. The van der Waals surface area contributed by atoms with Crippen molar-refractivity contribution >= 4 is 16.8 Å². The molecule has 0 spiro atoms. The van der Waals surface area contributed by atoms with Crippen molar-refractivity contribution in [1.82, 2.24) is 9.55 Å². The van der Waals surface area contributed by atoms with Gasteiger partial charge in [0, 0.05) is 13.2 Å². The predicted molar refractivity (Wildman–Crippen MR) is 76.5 cm³/mol. The molecule has 1 aromatic heterocycles. The molecule has 5 heteroatoms. The van der Waals surface area contributed by atoms with E-state index in [0.29, 0.717) is 19.6 Å². The first-order valence-electron chi connectivity index (χ1n) is 6.98. The molecule has 0 saturated carbocycles. The molecule has 5 nitrogen and oxygen atoms in total. The number of ketones is 1. The molecule has 0 bridgehead atoms. The monoisotopic (exact) mass is 273 g/mol. The number of nitrogens with two attached hydrogens (primary N) is 1. The second-order valence-corrected chi connectivity index (χ2v) is 5.32. The Morgan fingerprint density at radius 3 is 3.00 bits per heavy atom. The number of rotatable bonds is 4. The van der Waals surface area contributed by atoms with Crippen molar-refractivity contribution in [1.29, 1.82) is 0 Å². The Bertz CT molecular complexity index is 642. The van der Waals surface area contributed by atoms with Crippen molar-refractivity contribution in [2.75, 3.05) is 13.2 Å². The number of aryl methyl sites for hydroxylation is 1. The first kappa shape index (κ1) is 13.3. The Morgan fingerprint density at radius 1 is 1.50 bits per heavy atom. The Labute approximate surface area is 117 Å². The number of carbonyl (C=O) groups excluding carboxylic acids is 1. The lowest BCUT2D eigenvalue weighted by molar-refractivity contribution is -0.123. The smallest absolute Gasteiger partial charge is 0.162 e. The Balaban J connectivity index is 1.92. The van der Waals surface area contributed by atoms with Gasteiger partial charge in [0.2, 0.25) is 0 Å². The van der Waals surface area contributed by atoms with Crippen LogP contribution in [0.25, 0.3) is 11.0 Å². The van der Waals surface area contributed by atoms with Gasteiger partial charge in [-0.05, 0) is 25.5 Å². The highest BCUT2D eigenvalue weighted by atomic mass is 16.5. The van der Waals surface area contributed by atoms with E-state index in [0.717, 1.165) is 23.4 Å². The Morgan fingerprint density at radius 2 is 2.30 bits per heavy atom. The van der Waals surface area contributed by atoms with Crippen molar-refractivity contribution in [3.8, 4) is 0 Å². The third-order valence-corrected chi connectivity index (χ3v) is 3.98. The summed E-state index contributed by atoms with van der Waals surface area (Å²) in [5.74, 6) is 0.801. The zero-order valence-electron chi connectivity index (χ0n) is 11.6. The molecule has 2 heterocycles. The average Bonchev–Trinajstić information content (AvgIpc) is 3.03. The molecule has 20 heavy (non-hydrogen) atoms. The van der Waals surface area contributed by atoms with Gasteiger partial charge in [0.05, 0.1) is 24.1 Å². The quantitative estimate of drug-likeness (QED) is 0.911. The van der Waals surface area contributed by atoms with Gasteiger partial charge in [-0.25, -0.2) is 4.98 Å². The predicted octanol–water partition coefficient (Wildman–Crippen LogP) is 1.29. The van der Waals surface area contributed by atoms with E-state index in [1.807, 2.05) is 24.3 Å². The van der Waals surface area contributed by atoms with Crippen LogP contribution in [0.1, 0.15) is 19.2 Å². The van der Waals surface area contributed by atoms with Gasteiger partial charge in [-0.3, -0.25) is 4.79 Å². The lowest BCUT2D eigenvalue weighted by Gasteiger charge is -2.19. The third kappa shape index (κ3) is 2.13.